The first-order valence-corrected chi connectivity index (χ1v) is 7.53. The molecule has 1 saturated heterocycles. The van der Waals surface area contributed by atoms with E-state index in [0.29, 0.717) is 25.9 Å². The van der Waals surface area contributed by atoms with Crippen LogP contribution in [0.2, 0.25) is 0 Å². The van der Waals surface area contributed by atoms with Gasteiger partial charge >= 0.3 is 6.18 Å². The van der Waals surface area contributed by atoms with Crippen molar-refractivity contribution in [2.75, 3.05) is 18.8 Å². The Hall–Kier alpha value is -2.51. The molecule has 1 amide bonds. The van der Waals surface area contributed by atoms with Crippen LogP contribution in [0.25, 0.3) is 0 Å². The van der Waals surface area contributed by atoms with Crippen LogP contribution in [-0.2, 0) is 6.18 Å². The number of nitrogen functional groups attached to an aromatic ring is 1. The summed E-state index contributed by atoms with van der Waals surface area (Å²) in [6.07, 6.45) is -3.14. The van der Waals surface area contributed by atoms with Gasteiger partial charge < -0.3 is 15.2 Å². The molecule has 0 aliphatic carbocycles. The van der Waals surface area contributed by atoms with Gasteiger partial charge in [-0.2, -0.15) is 13.2 Å². The number of nitrogens with two attached hydrogens (primary N) is 1. The molecule has 2 N–H and O–H groups in total. The van der Waals surface area contributed by atoms with Crippen LogP contribution in [0.1, 0.15) is 40.4 Å². The van der Waals surface area contributed by atoms with Crippen molar-refractivity contribution in [2.45, 2.75) is 24.9 Å². The van der Waals surface area contributed by atoms with Gasteiger partial charge in [-0.3, -0.25) is 4.79 Å². The van der Waals surface area contributed by atoms with Gasteiger partial charge in [0.05, 0.1) is 11.3 Å². The molecule has 0 bridgehead atoms. The van der Waals surface area contributed by atoms with E-state index in [1.165, 1.54) is 12.1 Å². The van der Waals surface area contributed by atoms with Gasteiger partial charge in [-0.15, -0.1) is 0 Å². The molecule has 1 aliphatic rings. The monoisotopic (exact) mass is 339 g/mol. The van der Waals surface area contributed by atoms with E-state index in [-0.39, 0.29) is 23.3 Å². The van der Waals surface area contributed by atoms with E-state index in [9.17, 15) is 18.0 Å². The summed E-state index contributed by atoms with van der Waals surface area (Å²) in [5.74, 6) is -0.0108. The first kappa shape index (κ1) is 16.4. The molecule has 128 valence electrons. The van der Waals surface area contributed by atoms with Crippen LogP contribution >= 0.6 is 0 Å². The number of aromatic nitrogens is 1. The lowest BCUT2D eigenvalue weighted by atomic mass is 9.93. The van der Waals surface area contributed by atoms with Crippen LogP contribution in [0.4, 0.5) is 19.1 Å². The standard InChI is InChI=1S/C16H16F3N3O2/c17-16(18,19)12-3-1-2-11(8-12)15(23)22-6-4-10(5-7-22)13-9-14(20)24-21-13/h1-3,8-10H,4-7,20H2. The van der Waals surface area contributed by atoms with Gasteiger partial charge in [0.25, 0.3) is 5.91 Å². The average Bonchev–Trinajstić information content (AvgIpc) is 3.00. The van der Waals surface area contributed by atoms with Crippen molar-refractivity contribution < 1.29 is 22.5 Å². The molecular formula is C16H16F3N3O2. The summed E-state index contributed by atoms with van der Waals surface area (Å²) in [6, 6.07) is 6.17. The second kappa shape index (κ2) is 6.18. The molecule has 0 atom stereocenters. The Balaban J connectivity index is 1.67. The van der Waals surface area contributed by atoms with Crippen LogP contribution in [-0.4, -0.2) is 29.1 Å². The highest BCUT2D eigenvalue weighted by atomic mass is 19.4. The largest absolute Gasteiger partial charge is 0.416 e. The van der Waals surface area contributed by atoms with E-state index >= 15 is 0 Å². The van der Waals surface area contributed by atoms with E-state index in [1.807, 2.05) is 0 Å². The third-order valence-electron chi connectivity index (χ3n) is 4.18. The zero-order valence-corrected chi connectivity index (χ0v) is 12.7. The first-order chi connectivity index (χ1) is 11.3. The Bertz CT molecular complexity index is 734. The van der Waals surface area contributed by atoms with Crippen molar-refractivity contribution >= 4 is 11.8 Å². The van der Waals surface area contributed by atoms with Crippen molar-refractivity contribution in [1.29, 1.82) is 0 Å². The third-order valence-corrected chi connectivity index (χ3v) is 4.18. The highest BCUT2D eigenvalue weighted by Gasteiger charge is 2.32. The van der Waals surface area contributed by atoms with Gasteiger partial charge in [-0.1, -0.05) is 11.2 Å². The van der Waals surface area contributed by atoms with E-state index in [1.54, 1.807) is 11.0 Å². The number of hydrogen-bond acceptors (Lipinski definition) is 4. The smallest absolute Gasteiger partial charge is 0.368 e. The average molecular weight is 339 g/mol. The zero-order valence-electron chi connectivity index (χ0n) is 12.7. The highest BCUT2D eigenvalue weighted by Crippen LogP contribution is 2.31. The normalized spacial score (nSPS) is 16.4. The first-order valence-electron chi connectivity index (χ1n) is 7.53. The molecule has 2 aromatic rings. The molecule has 24 heavy (non-hydrogen) atoms. The summed E-state index contributed by atoms with van der Waals surface area (Å²) in [5.41, 5.74) is 5.48. The number of carbonyl (C=O) groups excluding carboxylic acids is 1. The maximum absolute atomic E-state index is 12.8. The lowest BCUT2D eigenvalue weighted by molar-refractivity contribution is -0.137. The number of likely N-dealkylation sites (tertiary alicyclic amines) is 1. The van der Waals surface area contributed by atoms with Gasteiger partial charge in [-0.25, -0.2) is 0 Å². The summed E-state index contributed by atoms with van der Waals surface area (Å²) in [5, 5.41) is 3.88. The zero-order chi connectivity index (χ0) is 17.3. The Labute approximate surface area is 136 Å². The topological polar surface area (TPSA) is 72.4 Å². The number of rotatable bonds is 2. The minimum atomic E-state index is -4.46. The van der Waals surface area contributed by atoms with Crippen molar-refractivity contribution in [3.8, 4) is 0 Å². The van der Waals surface area contributed by atoms with Gasteiger partial charge in [0.2, 0.25) is 5.88 Å². The predicted molar refractivity (Wildman–Crippen MR) is 80.2 cm³/mol. The fourth-order valence-electron chi connectivity index (χ4n) is 2.89. The summed E-state index contributed by atoms with van der Waals surface area (Å²) < 4.78 is 43.1. The lowest BCUT2D eigenvalue weighted by Crippen LogP contribution is -2.38. The van der Waals surface area contributed by atoms with Gasteiger partial charge in [0.1, 0.15) is 0 Å². The van der Waals surface area contributed by atoms with Crippen molar-refractivity contribution in [3.05, 3.63) is 47.2 Å². The Morgan fingerprint density at radius 1 is 1.25 bits per heavy atom. The van der Waals surface area contributed by atoms with Crippen molar-refractivity contribution in [1.82, 2.24) is 10.1 Å². The molecular weight excluding hydrogens is 323 g/mol. The Kier molecular flexibility index (Phi) is 4.21. The molecule has 1 aliphatic heterocycles. The molecule has 3 rings (SSSR count). The molecule has 0 spiro atoms. The van der Waals surface area contributed by atoms with Crippen LogP contribution in [0.15, 0.2) is 34.9 Å². The maximum Gasteiger partial charge on any atom is 0.416 e. The summed E-state index contributed by atoms with van der Waals surface area (Å²) >= 11 is 0. The summed E-state index contributed by atoms with van der Waals surface area (Å²) in [7, 11) is 0. The fourth-order valence-corrected chi connectivity index (χ4v) is 2.89. The maximum atomic E-state index is 12.8. The van der Waals surface area contributed by atoms with Crippen LogP contribution < -0.4 is 5.73 Å². The second-order valence-electron chi connectivity index (χ2n) is 5.80. The third kappa shape index (κ3) is 3.37. The number of hydrogen-bond donors (Lipinski definition) is 1. The van der Waals surface area contributed by atoms with Crippen LogP contribution in [0.3, 0.4) is 0 Å². The molecule has 0 unspecified atom stereocenters. The van der Waals surface area contributed by atoms with Crippen molar-refractivity contribution in [3.63, 3.8) is 0 Å². The molecule has 5 nitrogen and oxygen atoms in total. The summed E-state index contributed by atoms with van der Waals surface area (Å²) in [6.45, 7) is 0.902. The quantitative estimate of drug-likeness (QED) is 0.911. The number of nitrogens with zero attached hydrogens (tertiary/aromatic N) is 2. The van der Waals surface area contributed by atoms with E-state index in [4.69, 9.17) is 10.3 Å². The van der Waals surface area contributed by atoms with E-state index in [2.05, 4.69) is 5.16 Å². The van der Waals surface area contributed by atoms with Crippen LogP contribution in [0.5, 0.6) is 0 Å². The number of halogens is 3. The molecule has 8 heteroatoms. The molecule has 1 aromatic carbocycles. The molecule has 0 saturated carbocycles. The molecule has 2 heterocycles. The van der Waals surface area contributed by atoms with Crippen LogP contribution in [0, 0.1) is 0 Å². The lowest BCUT2D eigenvalue weighted by Gasteiger charge is -2.31. The van der Waals surface area contributed by atoms with Gasteiger partial charge in [0, 0.05) is 30.6 Å². The molecule has 1 aromatic heterocycles. The van der Waals surface area contributed by atoms with Gasteiger partial charge in [0.15, 0.2) is 0 Å². The van der Waals surface area contributed by atoms with Crippen molar-refractivity contribution in [2.24, 2.45) is 0 Å². The summed E-state index contributed by atoms with van der Waals surface area (Å²) in [4.78, 5) is 14.0. The Morgan fingerprint density at radius 3 is 2.54 bits per heavy atom. The predicted octanol–water partition coefficient (Wildman–Crippen LogP) is 3.30. The number of anilines is 1. The van der Waals surface area contributed by atoms with E-state index in [0.717, 1.165) is 17.8 Å². The second-order valence-corrected chi connectivity index (χ2v) is 5.80. The SMILES string of the molecule is Nc1cc(C2CCN(C(=O)c3cccc(C(F)(F)F)c3)CC2)no1. The molecule has 0 radical (unpaired) electrons. The number of amides is 1. The molecule has 1 fully saturated rings. The number of piperidine rings is 1. The van der Waals surface area contributed by atoms with E-state index < -0.39 is 11.7 Å². The van der Waals surface area contributed by atoms with Gasteiger partial charge in [-0.05, 0) is 31.0 Å². The minimum absolute atomic E-state index is 0.0500. The number of benzene rings is 1. The minimum Gasteiger partial charge on any atom is -0.368 e. The number of alkyl halides is 3. The number of carbonyl (C=O) groups is 1. The Morgan fingerprint density at radius 2 is 1.96 bits per heavy atom. The highest BCUT2D eigenvalue weighted by molar-refractivity contribution is 5.94. The fraction of sp³-hybridized carbons (Fsp3) is 0.375.